The Morgan fingerprint density at radius 3 is 1.25 bits per heavy atom. The summed E-state index contributed by atoms with van der Waals surface area (Å²) < 4.78 is 17.3. The molecule has 99 heavy (non-hydrogen) atoms. The number of ether oxygens (including phenoxy) is 3. The van der Waals surface area contributed by atoms with E-state index in [4.69, 9.17) is 47.4 Å². The van der Waals surface area contributed by atoms with Crippen LogP contribution in [0.5, 0.6) is 0 Å². The number of hydrogen-bond acceptors (Lipinski definition) is 11. The summed E-state index contributed by atoms with van der Waals surface area (Å²) in [5.74, 6) is 7.52. The van der Waals surface area contributed by atoms with Crippen molar-refractivity contribution in [1.29, 1.82) is 0 Å². The second-order valence-electron chi connectivity index (χ2n) is 35.0. The zero-order valence-corrected chi connectivity index (χ0v) is 68.0. The first-order chi connectivity index (χ1) is 46.0. The van der Waals surface area contributed by atoms with E-state index in [1.165, 1.54) is 140 Å². The summed E-state index contributed by atoms with van der Waals surface area (Å²) in [5, 5.41) is 17.4. The van der Waals surface area contributed by atoms with Crippen LogP contribution < -0.4 is 22.9 Å². The number of carboxylic acid groups (broad SMARTS) is 2. The third-order valence-electron chi connectivity index (χ3n) is 27.8. The molecular formula is C82H142N4O11Pt2+2. The van der Waals surface area contributed by atoms with Crippen molar-refractivity contribution in [2.24, 2.45) is 116 Å². The Morgan fingerprint density at radius 1 is 0.475 bits per heavy atom. The average Bonchev–Trinajstić information content (AvgIpc) is 1.70. The van der Waals surface area contributed by atoms with Crippen molar-refractivity contribution in [3.8, 4) is 0 Å². The fraction of sp³-hybridized carbons (Fsp3) is 0.878. The monoisotopic (exact) mass is 1750 g/mol. The normalized spacial score (nSPS) is 35.4. The quantitative estimate of drug-likeness (QED) is 0.0193. The smallest absolute Gasteiger partial charge is 0.306 e. The van der Waals surface area contributed by atoms with E-state index in [1.807, 2.05) is 0 Å². The Bertz CT molecular complexity index is 2580. The average molecular weight is 1750 g/mol. The van der Waals surface area contributed by atoms with Crippen LogP contribution in [0.1, 0.15) is 313 Å². The van der Waals surface area contributed by atoms with Gasteiger partial charge < -0.3 is 47.4 Å². The summed E-state index contributed by atoms with van der Waals surface area (Å²) in [4.78, 5) is 65.4. The van der Waals surface area contributed by atoms with Crippen molar-refractivity contribution in [3.05, 3.63) is 23.3 Å². The molecule has 0 heterocycles. The van der Waals surface area contributed by atoms with Crippen molar-refractivity contribution in [2.75, 3.05) is 13.2 Å². The first-order valence-electron chi connectivity index (χ1n) is 39.9. The molecule has 0 unspecified atom stereocenters. The second-order valence-corrected chi connectivity index (χ2v) is 35.0. The fourth-order valence-corrected chi connectivity index (χ4v) is 21.9. The summed E-state index contributed by atoms with van der Waals surface area (Å²) in [6.45, 7) is 25.5. The van der Waals surface area contributed by atoms with E-state index < -0.39 is 11.9 Å². The van der Waals surface area contributed by atoms with Gasteiger partial charge in [-0.3, -0.25) is 28.8 Å². The van der Waals surface area contributed by atoms with Gasteiger partial charge in [0.15, 0.2) is 0 Å². The van der Waals surface area contributed by atoms with E-state index >= 15 is 0 Å². The van der Waals surface area contributed by atoms with Gasteiger partial charge >= 0.3 is 23.9 Å². The minimum absolute atomic E-state index is 0. The summed E-state index contributed by atoms with van der Waals surface area (Å²) in [7, 11) is 0. The molecule has 574 valence electrons. The molecule has 0 spiro atoms. The Labute approximate surface area is 628 Å². The molecule has 8 saturated carbocycles. The van der Waals surface area contributed by atoms with Crippen LogP contribution in [0.15, 0.2) is 23.3 Å². The zero-order chi connectivity index (χ0) is 70.8. The summed E-state index contributed by atoms with van der Waals surface area (Å²) in [6.07, 6.45) is 43.3. The number of nitrogens with two attached hydrogens (primary N) is 4. The van der Waals surface area contributed by atoms with Crippen molar-refractivity contribution in [3.63, 3.8) is 0 Å². The second kappa shape index (κ2) is 41.1. The van der Waals surface area contributed by atoms with Crippen LogP contribution in [0.25, 0.3) is 0 Å². The Balaban J connectivity index is 0.000000286. The van der Waals surface area contributed by atoms with Gasteiger partial charge in [-0.05, 0) is 215 Å². The maximum Gasteiger partial charge on any atom is 0.306 e. The van der Waals surface area contributed by atoms with Gasteiger partial charge in [0.1, 0.15) is 12.7 Å². The molecule has 17 heteroatoms. The molecule has 0 aromatic rings. The van der Waals surface area contributed by atoms with Crippen LogP contribution in [-0.2, 0) is 75.5 Å². The molecule has 0 radical (unpaired) electrons. The summed E-state index contributed by atoms with van der Waals surface area (Å²) >= 11 is 0. The largest absolute Gasteiger partial charge is 0.481 e. The number of carbonyl (C=O) groups is 4. The molecule has 15 nitrogen and oxygen atoms in total. The minimum Gasteiger partial charge on any atom is -0.481 e. The number of fused-ring (bicyclic) bond motifs is 10. The van der Waals surface area contributed by atoms with Crippen LogP contribution >= 0.6 is 0 Å². The number of ketones is 2. The van der Waals surface area contributed by atoms with E-state index in [2.05, 4.69) is 81.4 Å². The van der Waals surface area contributed by atoms with Crippen LogP contribution in [0.3, 0.4) is 0 Å². The van der Waals surface area contributed by atoms with E-state index in [9.17, 15) is 28.8 Å². The van der Waals surface area contributed by atoms with E-state index in [1.54, 1.807) is 5.57 Å². The van der Waals surface area contributed by atoms with Crippen LogP contribution in [0, 0.1) is 92.7 Å². The van der Waals surface area contributed by atoms with Crippen LogP contribution in [0.2, 0.25) is 0 Å². The molecule has 0 aromatic heterocycles. The van der Waals surface area contributed by atoms with Crippen molar-refractivity contribution in [2.45, 2.75) is 350 Å². The molecule has 10 aliphatic carbocycles. The van der Waals surface area contributed by atoms with Gasteiger partial charge in [-0.1, -0.05) is 157 Å². The molecule has 0 aromatic carbocycles. The van der Waals surface area contributed by atoms with Crippen molar-refractivity contribution in [1.82, 2.24) is 0 Å². The molecule has 0 bridgehead atoms. The van der Waals surface area contributed by atoms with Gasteiger partial charge in [-0.2, -0.15) is 0 Å². The topological polar surface area (TPSA) is 283 Å². The predicted molar refractivity (Wildman–Crippen MR) is 392 cm³/mol. The molecular weight excluding hydrogens is 1610 g/mol. The van der Waals surface area contributed by atoms with Gasteiger partial charge in [0.05, 0.1) is 64.1 Å². The Hall–Kier alpha value is -2.12. The molecule has 10 aliphatic rings. The zero-order valence-electron chi connectivity index (χ0n) is 63.4. The number of esters is 2. The van der Waals surface area contributed by atoms with Crippen LogP contribution in [-0.4, -0.2) is 105 Å². The fourth-order valence-electron chi connectivity index (χ4n) is 21.9. The van der Waals surface area contributed by atoms with Gasteiger partial charge in [0.25, 0.3) is 11.6 Å². The van der Waals surface area contributed by atoms with Crippen molar-refractivity contribution < 1.29 is 95.3 Å². The van der Waals surface area contributed by atoms with E-state index in [0.29, 0.717) is 22.9 Å². The van der Waals surface area contributed by atoms with Gasteiger partial charge in [-0.25, -0.2) is 0 Å². The Kier molecular flexibility index (Phi) is 36.3. The first kappa shape index (κ1) is 87.5. The maximum absolute atomic E-state index is 12.5. The van der Waals surface area contributed by atoms with Crippen LogP contribution in [0.4, 0.5) is 0 Å². The molecule has 10 rings (SSSR count). The third kappa shape index (κ3) is 24.2. The minimum atomic E-state index is -0.963. The summed E-state index contributed by atoms with van der Waals surface area (Å²) in [5.41, 5.74) is 27.3. The molecule has 20 atom stereocenters. The molecule has 0 aliphatic heterocycles. The third-order valence-corrected chi connectivity index (χ3v) is 27.8. The first-order valence-corrected chi connectivity index (χ1v) is 39.9. The maximum atomic E-state index is 12.5. The molecule has 0 saturated heterocycles. The molecule has 12 N–H and O–H groups in total. The number of hydrogen-bond donors (Lipinski definition) is 6. The van der Waals surface area contributed by atoms with Gasteiger partial charge in [-0.15, -0.1) is 0 Å². The Morgan fingerprint density at radius 2 is 0.859 bits per heavy atom. The predicted octanol–water partition coefficient (Wildman–Crippen LogP) is 16.7. The number of allylic oxidation sites excluding steroid dienone is 2. The van der Waals surface area contributed by atoms with Gasteiger partial charge in [0, 0.05) is 72.7 Å². The number of carboxylic acids is 2. The standard InChI is InChI=1S/C36H58O6.C34H54O5.2C6H14N2.2Pt/c1-24(2)7-6-8-25(3)30-13-14-31-29-12-9-26-23-28(17-19-35(26,4)32(29)18-20-36(30,31)5)41-21-22-42-34(40)16-11-27(37)10-15-33(38)39;1-22(2)7-6-8-23(3)28-13-14-29-27-12-9-24-21-26(39-32(38)16-11-25(35)10-15-31(36)37)17-19-33(24,4)30(27)18-20-34(28,29)5;2*7-5-3-1-2-4-6(5)8;;/h9,24-25,28-32H,6-8,10-23H2,1-5H3,(H,38,39);9,22-23,26-30H,6-8,10-21H2,1-5H3,(H,36,37);2*5-6H,1-4,7-8H2;;/p+2/t25-,28+,29+,30-,31+,32+,35+,36-;23-,26+,27+,28-,29+,30+,33+,34-;2*5-,6-;;/m1111../s1. The molecule has 8 fully saturated rings. The number of rotatable bonds is 27. The number of aliphatic carboxylic acids is 2. The molecule has 0 amide bonds. The van der Waals surface area contributed by atoms with E-state index in [-0.39, 0.29) is 165 Å². The van der Waals surface area contributed by atoms with Gasteiger partial charge in [0.2, 0.25) is 0 Å². The number of carbonyl (C=O) groups excluding carboxylic acids is 4. The van der Waals surface area contributed by atoms with Crippen molar-refractivity contribution >= 4 is 35.4 Å². The SMILES string of the molecule is CC(C)CCC[C@@H](C)[C@H]1CC[C@H]2[C@@H]3CC=C4C[C@@H](OC(=O)CCC(=[OH+])CCC(=O)O)CC[C@]4(C)[C@H]3CC[C@]12C.CC(C)CCC[C@@H](C)[C@H]1CC[C@H]2[C@@H]3CC=C4C[C@@H](OCCOC(=O)CCC(=[OH+])CCC(=O)O)CC[C@]4(C)[C@H]3CC[C@]12C.N[C@@H]1CCCC[C@H]1N.N[C@@H]1CCCC[C@H]1N.[Pt].[Pt]. The van der Waals surface area contributed by atoms with E-state index in [0.717, 1.165) is 129 Å². The summed E-state index contributed by atoms with van der Waals surface area (Å²) in [6, 6.07) is 1.12.